The molecule has 3 heterocycles. The zero-order chi connectivity index (χ0) is 22.7. The van der Waals surface area contributed by atoms with Crippen molar-refractivity contribution in [2.45, 2.75) is 32.3 Å². The summed E-state index contributed by atoms with van der Waals surface area (Å²) in [6.07, 6.45) is 3.79. The third-order valence-corrected chi connectivity index (χ3v) is 6.36. The van der Waals surface area contributed by atoms with Crippen LogP contribution in [0.5, 0.6) is 5.88 Å². The normalized spacial score (nSPS) is 19.4. The number of carbonyl (C=O) groups excluding carboxylic acids is 1. The monoisotopic (exact) mass is 470 g/mol. The Morgan fingerprint density at radius 2 is 1.88 bits per heavy atom. The van der Waals surface area contributed by atoms with Crippen molar-refractivity contribution in [3.8, 4) is 5.88 Å². The maximum absolute atomic E-state index is 13.2. The summed E-state index contributed by atoms with van der Waals surface area (Å²) in [5.41, 5.74) is 2.40. The van der Waals surface area contributed by atoms with E-state index in [0.717, 1.165) is 17.7 Å². The maximum atomic E-state index is 13.2. The number of hydrogen-bond donors (Lipinski definition) is 0. The number of amides is 1. The molecule has 1 saturated heterocycles. The van der Waals surface area contributed by atoms with Gasteiger partial charge in [0.2, 0.25) is 5.88 Å². The Kier molecular flexibility index (Phi) is 6.92. The fourth-order valence-corrected chi connectivity index (χ4v) is 4.50. The van der Waals surface area contributed by atoms with Gasteiger partial charge in [-0.15, -0.1) is 0 Å². The molecule has 2 aromatic heterocycles. The molecule has 0 spiro atoms. The molecular formula is C24H24Cl2N4O2. The first-order valence-electron chi connectivity index (χ1n) is 10.5. The van der Waals surface area contributed by atoms with Gasteiger partial charge >= 0.3 is 0 Å². The number of aryl methyl sites for hydroxylation is 1. The lowest BCUT2D eigenvalue weighted by Crippen LogP contribution is -2.46. The SMILES string of the molecule is Cc1cc(C(=O)N2CCC(C(C)Oc3ccc(Cl)cn3)C(c3ccc(Cl)cc3)C2)cnn1. The standard InChI is InChI=1S/C24H24Cl2N4O2/c1-15-11-18(12-28-29-15)24(31)30-10-9-21(16(2)32-23-8-7-20(26)13-27-23)22(14-30)17-3-5-19(25)6-4-17/h3-8,11-13,16,21-22H,9-10,14H2,1-2H3. The number of hydrogen-bond acceptors (Lipinski definition) is 5. The van der Waals surface area contributed by atoms with Gasteiger partial charge in [-0.3, -0.25) is 4.79 Å². The van der Waals surface area contributed by atoms with E-state index in [2.05, 4.69) is 22.1 Å². The minimum atomic E-state index is -0.105. The molecule has 3 atom stereocenters. The summed E-state index contributed by atoms with van der Waals surface area (Å²) < 4.78 is 6.16. The van der Waals surface area contributed by atoms with Crippen molar-refractivity contribution in [2.24, 2.45) is 5.92 Å². The molecular weight excluding hydrogens is 447 g/mol. The van der Waals surface area contributed by atoms with Gasteiger partial charge in [0.05, 0.1) is 22.5 Å². The predicted molar refractivity (Wildman–Crippen MR) is 124 cm³/mol. The Labute approximate surface area is 197 Å². The first-order chi connectivity index (χ1) is 15.4. The number of piperidine rings is 1. The molecule has 1 aliphatic heterocycles. The predicted octanol–water partition coefficient (Wildman–Crippen LogP) is 5.20. The van der Waals surface area contributed by atoms with E-state index in [4.69, 9.17) is 27.9 Å². The van der Waals surface area contributed by atoms with E-state index in [1.807, 2.05) is 36.1 Å². The van der Waals surface area contributed by atoms with Crippen LogP contribution >= 0.6 is 23.2 Å². The van der Waals surface area contributed by atoms with Gasteiger partial charge in [0, 0.05) is 42.2 Å². The molecule has 0 saturated carbocycles. The molecule has 8 heteroatoms. The van der Waals surface area contributed by atoms with Crippen LogP contribution in [0.15, 0.2) is 54.9 Å². The molecule has 0 radical (unpaired) electrons. The van der Waals surface area contributed by atoms with Gasteiger partial charge in [0.1, 0.15) is 6.10 Å². The number of ether oxygens (including phenoxy) is 1. The van der Waals surface area contributed by atoms with Crippen molar-refractivity contribution in [3.05, 3.63) is 81.7 Å². The minimum absolute atomic E-state index is 0.0339. The average molecular weight is 471 g/mol. The summed E-state index contributed by atoms with van der Waals surface area (Å²) in [6, 6.07) is 13.1. The van der Waals surface area contributed by atoms with Crippen molar-refractivity contribution < 1.29 is 9.53 Å². The first-order valence-corrected chi connectivity index (χ1v) is 11.3. The molecule has 0 bridgehead atoms. The lowest BCUT2D eigenvalue weighted by molar-refractivity contribution is 0.0483. The highest BCUT2D eigenvalue weighted by molar-refractivity contribution is 6.30. The van der Waals surface area contributed by atoms with Crippen LogP contribution in [0.1, 0.15) is 40.9 Å². The van der Waals surface area contributed by atoms with Gasteiger partial charge in [0.25, 0.3) is 5.91 Å². The van der Waals surface area contributed by atoms with Gasteiger partial charge in [-0.25, -0.2) is 4.98 Å². The van der Waals surface area contributed by atoms with E-state index >= 15 is 0 Å². The smallest absolute Gasteiger partial charge is 0.255 e. The number of carbonyl (C=O) groups is 1. The Bertz CT molecular complexity index is 1080. The van der Waals surface area contributed by atoms with Crippen LogP contribution in [-0.4, -0.2) is 45.2 Å². The van der Waals surface area contributed by atoms with E-state index in [1.165, 1.54) is 6.20 Å². The van der Waals surface area contributed by atoms with Crippen LogP contribution in [0.3, 0.4) is 0 Å². The van der Waals surface area contributed by atoms with Gasteiger partial charge in [0.15, 0.2) is 0 Å². The molecule has 32 heavy (non-hydrogen) atoms. The fourth-order valence-electron chi connectivity index (χ4n) is 4.26. The highest BCUT2D eigenvalue weighted by atomic mass is 35.5. The third-order valence-electron chi connectivity index (χ3n) is 5.89. The second-order valence-electron chi connectivity index (χ2n) is 8.08. The number of rotatable bonds is 5. The zero-order valence-corrected chi connectivity index (χ0v) is 19.4. The molecule has 4 rings (SSSR count). The number of aromatic nitrogens is 3. The number of halogens is 2. The van der Waals surface area contributed by atoms with Crippen molar-refractivity contribution >= 4 is 29.1 Å². The second kappa shape index (κ2) is 9.84. The van der Waals surface area contributed by atoms with E-state index in [0.29, 0.717) is 34.6 Å². The lowest BCUT2D eigenvalue weighted by atomic mass is 9.77. The van der Waals surface area contributed by atoms with Crippen molar-refractivity contribution in [1.82, 2.24) is 20.1 Å². The van der Waals surface area contributed by atoms with Crippen molar-refractivity contribution in [1.29, 1.82) is 0 Å². The number of nitrogens with zero attached hydrogens (tertiary/aromatic N) is 4. The summed E-state index contributed by atoms with van der Waals surface area (Å²) in [5, 5.41) is 9.14. The molecule has 1 aromatic carbocycles. The quantitative estimate of drug-likeness (QED) is 0.512. The Morgan fingerprint density at radius 1 is 1.12 bits per heavy atom. The second-order valence-corrected chi connectivity index (χ2v) is 8.96. The molecule has 0 aliphatic carbocycles. The van der Waals surface area contributed by atoms with Crippen LogP contribution < -0.4 is 4.74 Å². The largest absolute Gasteiger partial charge is 0.474 e. The molecule has 1 fully saturated rings. The van der Waals surface area contributed by atoms with E-state index in [-0.39, 0.29) is 23.8 Å². The highest BCUT2D eigenvalue weighted by Crippen LogP contribution is 2.37. The Balaban J connectivity index is 1.57. The summed E-state index contributed by atoms with van der Waals surface area (Å²) >= 11 is 12.1. The summed E-state index contributed by atoms with van der Waals surface area (Å²) in [6.45, 7) is 5.10. The Morgan fingerprint density at radius 3 is 2.56 bits per heavy atom. The van der Waals surface area contributed by atoms with Gasteiger partial charge < -0.3 is 9.64 Å². The van der Waals surface area contributed by atoms with Crippen LogP contribution in [0, 0.1) is 12.8 Å². The third kappa shape index (κ3) is 5.19. The molecule has 166 valence electrons. The van der Waals surface area contributed by atoms with Crippen LogP contribution in [0.25, 0.3) is 0 Å². The molecule has 1 amide bonds. The molecule has 1 aliphatic rings. The minimum Gasteiger partial charge on any atom is -0.474 e. The molecule has 3 unspecified atom stereocenters. The lowest BCUT2D eigenvalue weighted by Gasteiger charge is -2.41. The molecule has 6 nitrogen and oxygen atoms in total. The Hall–Kier alpha value is -2.70. The van der Waals surface area contributed by atoms with Crippen molar-refractivity contribution in [2.75, 3.05) is 13.1 Å². The number of likely N-dealkylation sites (tertiary alicyclic amines) is 1. The van der Waals surface area contributed by atoms with E-state index < -0.39 is 0 Å². The summed E-state index contributed by atoms with van der Waals surface area (Å²) in [4.78, 5) is 19.3. The van der Waals surface area contributed by atoms with Gasteiger partial charge in [-0.1, -0.05) is 35.3 Å². The summed E-state index contributed by atoms with van der Waals surface area (Å²) in [7, 11) is 0. The first kappa shape index (κ1) is 22.5. The van der Waals surface area contributed by atoms with E-state index in [9.17, 15) is 4.79 Å². The van der Waals surface area contributed by atoms with Crippen LogP contribution in [0.4, 0.5) is 0 Å². The van der Waals surface area contributed by atoms with Crippen LogP contribution in [-0.2, 0) is 0 Å². The van der Waals surface area contributed by atoms with Gasteiger partial charge in [-0.2, -0.15) is 10.2 Å². The maximum Gasteiger partial charge on any atom is 0.255 e. The van der Waals surface area contributed by atoms with Crippen LogP contribution in [0.2, 0.25) is 10.0 Å². The summed E-state index contributed by atoms with van der Waals surface area (Å²) in [5.74, 6) is 0.778. The highest BCUT2D eigenvalue weighted by Gasteiger charge is 2.37. The zero-order valence-electron chi connectivity index (χ0n) is 17.9. The number of benzene rings is 1. The van der Waals surface area contributed by atoms with Crippen molar-refractivity contribution in [3.63, 3.8) is 0 Å². The molecule has 3 aromatic rings. The average Bonchev–Trinajstić information content (AvgIpc) is 2.80. The number of pyridine rings is 1. The fraction of sp³-hybridized carbons (Fsp3) is 0.333. The molecule has 0 N–H and O–H groups in total. The van der Waals surface area contributed by atoms with Gasteiger partial charge in [-0.05, 0) is 50.1 Å². The topological polar surface area (TPSA) is 68.2 Å². The van der Waals surface area contributed by atoms with E-state index in [1.54, 1.807) is 24.4 Å².